The van der Waals surface area contributed by atoms with Crippen molar-refractivity contribution >= 4 is 17.5 Å². The summed E-state index contributed by atoms with van der Waals surface area (Å²) >= 11 is 0. The number of benzene rings is 1. The fourth-order valence-corrected chi connectivity index (χ4v) is 3.02. The molecule has 0 aromatic heterocycles. The van der Waals surface area contributed by atoms with Crippen LogP contribution < -0.4 is 16.0 Å². The number of carbonyl (C=O) groups is 2. The molecule has 1 aliphatic rings. The Bertz CT molecular complexity index is 581. The molecule has 120 valence electrons. The Morgan fingerprint density at radius 1 is 1.32 bits per heavy atom. The van der Waals surface area contributed by atoms with Crippen molar-refractivity contribution in [1.82, 2.24) is 10.6 Å². The van der Waals surface area contributed by atoms with Gasteiger partial charge in [-0.2, -0.15) is 0 Å². The molecule has 2 amide bonds. The third-order valence-corrected chi connectivity index (χ3v) is 4.45. The van der Waals surface area contributed by atoms with Crippen LogP contribution in [0.1, 0.15) is 42.6 Å². The van der Waals surface area contributed by atoms with E-state index in [0.717, 1.165) is 24.9 Å². The second-order valence-corrected chi connectivity index (χ2v) is 6.53. The van der Waals surface area contributed by atoms with E-state index in [0.29, 0.717) is 11.3 Å². The van der Waals surface area contributed by atoms with Crippen LogP contribution in [0.15, 0.2) is 18.2 Å². The summed E-state index contributed by atoms with van der Waals surface area (Å²) in [6, 6.07) is 5.15. The Morgan fingerprint density at radius 3 is 2.68 bits per heavy atom. The van der Waals surface area contributed by atoms with Gasteiger partial charge in [-0.05, 0) is 49.4 Å². The van der Waals surface area contributed by atoms with Gasteiger partial charge in [0.1, 0.15) is 0 Å². The quantitative estimate of drug-likeness (QED) is 0.800. The largest absolute Gasteiger partial charge is 0.355 e. The maximum atomic E-state index is 12.6. The number of hydrogen-bond acceptors (Lipinski definition) is 3. The van der Waals surface area contributed by atoms with Gasteiger partial charge in [0, 0.05) is 18.3 Å². The van der Waals surface area contributed by atoms with Gasteiger partial charge >= 0.3 is 0 Å². The first-order chi connectivity index (χ1) is 10.4. The van der Waals surface area contributed by atoms with Crippen molar-refractivity contribution in [2.75, 3.05) is 18.9 Å². The highest BCUT2D eigenvalue weighted by molar-refractivity contribution is 6.00. The van der Waals surface area contributed by atoms with Crippen LogP contribution in [0.2, 0.25) is 0 Å². The zero-order valence-corrected chi connectivity index (χ0v) is 13.7. The van der Waals surface area contributed by atoms with Crippen molar-refractivity contribution in [3.63, 3.8) is 0 Å². The van der Waals surface area contributed by atoms with E-state index in [4.69, 9.17) is 0 Å². The zero-order valence-electron chi connectivity index (χ0n) is 13.7. The van der Waals surface area contributed by atoms with Crippen LogP contribution >= 0.6 is 0 Å². The lowest BCUT2D eigenvalue weighted by atomic mass is 9.77. The van der Waals surface area contributed by atoms with Crippen LogP contribution in [-0.2, 0) is 4.79 Å². The van der Waals surface area contributed by atoms with E-state index in [1.165, 1.54) is 0 Å². The monoisotopic (exact) mass is 303 g/mol. The van der Waals surface area contributed by atoms with Gasteiger partial charge in [0.25, 0.3) is 5.91 Å². The van der Waals surface area contributed by atoms with Crippen molar-refractivity contribution < 1.29 is 9.59 Å². The molecule has 3 N–H and O–H groups in total. The maximum absolute atomic E-state index is 12.6. The molecule has 1 atom stereocenters. The van der Waals surface area contributed by atoms with E-state index in [-0.39, 0.29) is 23.3 Å². The molecule has 5 heteroatoms. The lowest BCUT2D eigenvalue weighted by Crippen LogP contribution is -2.53. The van der Waals surface area contributed by atoms with Crippen LogP contribution in [0.5, 0.6) is 0 Å². The average Bonchev–Trinajstić information content (AvgIpc) is 2.48. The van der Waals surface area contributed by atoms with Crippen LogP contribution in [0.4, 0.5) is 5.69 Å². The van der Waals surface area contributed by atoms with Gasteiger partial charge in [0.15, 0.2) is 0 Å². The molecule has 1 heterocycles. The summed E-state index contributed by atoms with van der Waals surface area (Å²) < 4.78 is 0. The second-order valence-electron chi connectivity index (χ2n) is 6.53. The molecule has 0 spiro atoms. The molecule has 1 unspecified atom stereocenters. The van der Waals surface area contributed by atoms with E-state index in [1.54, 1.807) is 19.2 Å². The van der Waals surface area contributed by atoms with E-state index in [2.05, 4.69) is 29.8 Å². The number of carbonyl (C=O) groups excluding carboxylic acids is 2. The standard InChI is InChI=1S/C17H25N3O2/c1-11-12(15(21)18-4)7-5-8-13(11)20-16(22)14-17(2,3)9-6-10-19-14/h5,7-8,14,19H,6,9-10H2,1-4H3,(H,18,21)(H,20,22). The van der Waals surface area contributed by atoms with Gasteiger partial charge in [-0.3, -0.25) is 9.59 Å². The van der Waals surface area contributed by atoms with Crippen LogP contribution in [-0.4, -0.2) is 31.4 Å². The van der Waals surface area contributed by atoms with E-state index in [9.17, 15) is 9.59 Å². The third kappa shape index (κ3) is 3.30. The molecule has 1 aromatic carbocycles. The Labute approximate surface area is 131 Å². The molecule has 1 aliphatic heterocycles. The molecule has 22 heavy (non-hydrogen) atoms. The molecule has 1 aromatic rings. The Hall–Kier alpha value is -1.88. The molecule has 5 nitrogen and oxygen atoms in total. The van der Waals surface area contributed by atoms with Crippen molar-refractivity contribution in [2.24, 2.45) is 5.41 Å². The van der Waals surface area contributed by atoms with E-state index >= 15 is 0 Å². The maximum Gasteiger partial charge on any atom is 0.251 e. The summed E-state index contributed by atoms with van der Waals surface area (Å²) in [6.45, 7) is 6.92. The van der Waals surface area contributed by atoms with Gasteiger partial charge in [0.2, 0.25) is 5.91 Å². The summed E-state index contributed by atoms with van der Waals surface area (Å²) in [4.78, 5) is 24.5. The molecule has 0 radical (unpaired) electrons. The molecule has 1 saturated heterocycles. The van der Waals surface area contributed by atoms with Crippen molar-refractivity contribution in [3.05, 3.63) is 29.3 Å². The molecule has 0 saturated carbocycles. The predicted molar refractivity (Wildman–Crippen MR) is 88.0 cm³/mol. The van der Waals surface area contributed by atoms with Crippen LogP contribution in [0, 0.1) is 12.3 Å². The first-order valence-corrected chi connectivity index (χ1v) is 7.73. The van der Waals surface area contributed by atoms with Gasteiger partial charge in [-0.15, -0.1) is 0 Å². The highest BCUT2D eigenvalue weighted by atomic mass is 16.2. The van der Waals surface area contributed by atoms with Crippen molar-refractivity contribution in [2.45, 2.75) is 39.7 Å². The van der Waals surface area contributed by atoms with Crippen molar-refractivity contribution in [1.29, 1.82) is 0 Å². The number of hydrogen-bond donors (Lipinski definition) is 3. The SMILES string of the molecule is CNC(=O)c1cccc(NC(=O)C2NCCCC2(C)C)c1C. The fourth-order valence-electron chi connectivity index (χ4n) is 3.02. The smallest absolute Gasteiger partial charge is 0.251 e. The minimum Gasteiger partial charge on any atom is -0.355 e. The topological polar surface area (TPSA) is 70.2 Å². The minimum absolute atomic E-state index is 0.0399. The highest BCUT2D eigenvalue weighted by Crippen LogP contribution is 2.31. The number of nitrogens with one attached hydrogen (secondary N) is 3. The Kier molecular flexibility index (Phi) is 4.86. The number of amides is 2. The summed E-state index contributed by atoms with van der Waals surface area (Å²) in [7, 11) is 1.60. The zero-order chi connectivity index (χ0) is 16.3. The lowest BCUT2D eigenvalue weighted by Gasteiger charge is -2.38. The number of rotatable bonds is 3. The van der Waals surface area contributed by atoms with E-state index < -0.39 is 0 Å². The fraction of sp³-hybridized carbons (Fsp3) is 0.529. The molecule has 0 aliphatic carbocycles. The molecule has 1 fully saturated rings. The second kappa shape index (κ2) is 6.48. The first kappa shape index (κ1) is 16.5. The van der Waals surface area contributed by atoms with E-state index in [1.807, 2.05) is 13.0 Å². The third-order valence-electron chi connectivity index (χ3n) is 4.45. The summed E-state index contributed by atoms with van der Waals surface area (Å²) in [6.07, 6.45) is 2.11. The highest BCUT2D eigenvalue weighted by Gasteiger charge is 2.37. The first-order valence-electron chi connectivity index (χ1n) is 7.73. The minimum atomic E-state index is -0.218. The number of piperidine rings is 1. The molecule has 0 bridgehead atoms. The lowest BCUT2D eigenvalue weighted by molar-refractivity contribution is -0.121. The summed E-state index contributed by atoms with van der Waals surface area (Å²) in [5.41, 5.74) is 1.98. The van der Waals surface area contributed by atoms with Gasteiger partial charge < -0.3 is 16.0 Å². The molecule has 2 rings (SSSR count). The van der Waals surface area contributed by atoms with Crippen LogP contribution in [0.3, 0.4) is 0 Å². The normalized spacial score (nSPS) is 20.3. The van der Waals surface area contributed by atoms with Crippen LogP contribution in [0.25, 0.3) is 0 Å². The molecular weight excluding hydrogens is 278 g/mol. The van der Waals surface area contributed by atoms with Gasteiger partial charge in [-0.25, -0.2) is 0 Å². The summed E-state index contributed by atoms with van der Waals surface area (Å²) in [5, 5.41) is 8.89. The predicted octanol–water partition coefficient (Wildman–Crippen LogP) is 2.07. The van der Waals surface area contributed by atoms with Gasteiger partial charge in [0.05, 0.1) is 6.04 Å². The summed E-state index contributed by atoms with van der Waals surface area (Å²) in [5.74, 6) is -0.188. The average molecular weight is 303 g/mol. The Morgan fingerprint density at radius 2 is 2.05 bits per heavy atom. The number of anilines is 1. The van der Waals surface area contributed by atoms with Gasteiger partial charge in [-0.1, -0.05) is 19.9 Å². The van der Waals surface area contributed by atoms with Crippen molar-refractivity contribution in [3.8, 4) is 0 Å². The molecular formula is C17H25N3O2. The Balaban J connectivity index is 2.20.